The Balaban J connectivity index is 2.26. The molecule has 0 bridgehead atoms. The summed E-state index contributed by atoms with van der Waals surface area (Å²) >= 11 is 0. The molecule has 0 radical (unpaired) electrons. The number of ketones is 2. The lowest BCUT2D eigenvalue weighted by atomic mass is 9.88. The van der Waals surface area contributed by atoms with Crippen molar-refractivity contribution in [2.75, 3.05) is 5.73 Å². The van der Waals surface area contributed by atoms with Crippen LogP contribution < -0.4 is 5.73 Å². The van der Waals surface area contributed by atoms with Crippen LogP contribution in [-0.2, 0) is 5.60 Å². The molecule has 0 saturated heterocycles. The van der Waals surface area contributed by atoms with E-state index in [1.807, 2.05) is 0 Å². The van der Waals surface area contributed by atoms with E-state index < -0.39 is 17.2 Å². The molecule has 4 heteroatoms. The molecule has 0 aliphatic heterocycles. The first kappa shape index (κ1) is 11.6. The van der Waals surface area contributed by atoms with Gasteiger partial charge in [-0.05, 0) is 6.07 Å². The van der Waals surface area contributed by atoms with Gasteiger partial charge in [0.05, 0.1) is 0 Å². The number of hydrogen-bond acceptors (Lipinski definition) is 4. The van der Waals surface area contributed by atoms with E-state index in [2.05, 4.69) is 0 Å². The zero-order valence-electron chi connectivity index (χ0n) is 9.96. The molecular weight excluding hydrogens is 242 g/mol. The number of anilines is 1. The number of aliphatic hydroxyl groups is 1. The molecule has 19 heavy (non-hydrogen) atoms. The zero-order valence-corrected chi connectivity index (χ0v) is 9.96. The van der Waals surface area contributed by atoms with E-state index in [0.717, 1.165) is 0 Å². The van der Waals surface area contributed by atoms with Crippen molar-refractivity contribution in [3.8, 4) is 0 Å². The van der Waals surface area contributed by atoms with Crippen LogP contribution in [0, 0.1) is 0 Å². The molecule has 0 saturated carbocycles. The van der Waals surface area contributed by atoms with Gasteiger partial charge >= 0.3 is 0 Å². The highest BCUT2D eigenvalue weighted by molar-refractivity contribution is 6.32. The van der Waals surface area contributed by atoms with E-state index in [1.165, 1.54) is 18.2 Å². The summed E-state index contributed by atoms with van der Waals surface area (Å²) in [6, 6.07) is 12.7. The third-order valence-electron chi connectivity index (χ3n) is 3.42. The summed E-state index contributed by atoms with van der Waals surface area (Å²) in [5, 5.41) is 10.6. The molecule has 94 valence electrons. The summed E-state index contributed by atoms with van der Waals surface area (Å²) in [6.07, 6.45) is 0. The second-order valence-corrected chi connectivity index (χ2v) is 4.50. The van der Waals surface area contributed by atoms with Crippen LogP contribution in [0.3, 0.4) is 0 Å². The maximum absolute atomic E-state index is 12.4. The predicted octanol–water partition coefficient (Wildman–Crippen LogP) is 1.54. The highest BCUT2D eigenvalue weighted by Crippen LogP contribution is 2.39. The monoisotopic (exact) mass is 253 g/mol. The van der Waals surface area contributed by atoms with Crippen LogP contribution in [0.1, 0.15) is 26.3 Å². The fourth-order valence-corrected chi connectivity index (χ4v) is 2.44. The minimum Gasteiger partial charge on any atom is -0.398 e. The van der Waals surface area contributed by atoms with Gasteiger partial charge in [-0.2, -0.15) is 0 Å². The zero-order chi connectivity index (χ0) is 13.6. The van der Waals surface area contributed by atoms with E-state index in [0.29, 0.717) is 0 Å². The predicted molar refractivity (Wildman–Crippen MR) is 69.9 cm³/mol. The summed E-state index contributed by atoms with van der Waals surface area (Å²) in [7, 11) is 0. The fraction of sp³-hybridized carbons (Fsp3) is 0.0667. The number of nitrogens with two attached hydrogens (primary N) is 1. The topological polar surface area (TPSA) is 80.4 Å². The summed E-state index contributed by atoms with van der Waals surface area (Å²) in [5.74, 6) is -1.24. The van der Waals surface area contributed by atoms with Crippen molar-refractivity contribution in [2.24, 2.45) is 0 Å². The molecule has 3 N–H and O–H groups in total. The largest absolute Gasteiger partial charge is 0.398 e. The van der Waals surface area contributed by atoms with Crippen LogP contribution in [0.2, 0.25) is 0 Å². The molecular formula is C15H11NO3. The number of fused-ring (bicyclic) bond motifs is 1. The molecule has 0 spiro atoms. The Labute approximate surface area is 109 Å². The molecule has 1 aliphatic rings. The number of benzene rings is 2. The van der Waals surface area contributed by atoms with Gasteiger partial charge in [0.1, 0.15) is 0 Å². The molecule has 4 nitrogen and oxygen atoms in total. The van der Waals surface area contributed by atoms with Gasteiger partial charge in [0.25, 0.3) is 0 Å². The quantitative estimate of drug-likeness (QED) is 0.596. The second-order valence-electron chi connectivity index (χ2n) is 4.50. The Kier molecular flexibility index (Phi) is 2.30. The minimum absolute atomic E-state index is 0.140. The molecule has 3 rings (SSSR count). The first-order valence-electron chi connectivity index (χ1n) is 5.83. The minimum atomic E-state index is -2.20. The molecule has 0 heterocycles. The molecule has 0 atom stereocenters. The second kappa shape index (κ2) is 3.76. The third kappa shape index (κ3) is 1.37. The fourth-order valence-electron chi connectivity index (χ4n) is 2.44. The van der Waals surface area contributed by atoms with E-state index >= 15 is 0 Å². The normalized spacial score (nSPS) is 16.5. The van der Waals surface area contributed by atoms with Gasteiger partial charge in [0.2, 0.25) is 17.2 Å². The lowest BCUT2D eigenvalue weighted by Crippen LogP contribution is -2.38. The van der Waals surface area contributed by atoms with Gasteiger partial charge in [-0.25, -0.2) is 0 Å². The van der Waals surface area contributed by atoms with E-state index in [9.17, 15) is 14.7 Å². The summed E-state index contributed by atoms with van der Waals surface area (Å²) in [4.78, 5) is 24.7. The Morgan fingerprint density at radius 1 is 0.842 bits per heavy atom. The lowest BCUT2D eigenvalue weighted by molar-refractivity contribution is 0.0324. The Hall–Kier alpha value is -2.46. The van der Waals surface area contributed by atoms with Crippen LogP contribution in [0.4, 0.5) is 5.69 Å². The number of rotatable bonds is 1. The van der Waals surface area contributed by atoms with Crippen molar-refractivity contribution in [1.29, 1.82) is 0 Å². The highest BCUT2D eigenvalue weighted by Gasteiger charge is 2.53. The van der Waals surface area contributed by atoms with Crippen molar-refractivity contribution in [1.82, 2.24) is 0 Å². The first-order valence-corrected chi connectivity index (χ1v) is 5.83. The number of carbonyl (C=O) groups excluding carboxylic acids is 2. The number of para-hydroxylation sites is 1. The number of hydrogen-bond donors (Lipinski definition) is 2. The molecule has 0 amide bonds. The smallest absolute Gasteiger partial charge is 0.218 e. The number of Topliss-reactive ketones (excluding diaryl/α,β-unsaturated/α-hetero) is 2. The highest BCUT2D eigenvalue weighted by atomic mass is 16.3. The summed E-state index contributed by atoms with van der Waals surface area (Å²) in [6.45, 7) is 0. The molecule has 0 fully saturated rings. The maximum atomic E-state index is 12.4. The van der Waals surface area contributed by atoms with E-state index in [4.69, 9.17) is 5.73 Å². The van der Waals surface area contributed by atoms with E-state index in [-0.39, 0.29) is 22.4 Å². The lowest BCUT2D eigenvalue weighted by Gasteiger charge is -2.21. The van der Waals surface area contributed by atoms with Crippen molar-refractivity contribution < 1.29 is 14.7 Å². The van der Waals surface area contributed by atoms with Crippen molar-refractivity contribution in [3.63, 3.8) is 0 Å². The maximum Gasteiger partial charge on any atom is 0.218 e. The molecule has 0 aromatic heterocycles. The van der Waals surface area contributed by atoms with Gasteiger partial charge < -0.3 is 10.8 Å². The average molecular weight is 253 g/mol. The Morgan fingerprint density at radius 2 is 1.32 bits per heavy atom. The molecule has 2 aromatic rings. The Morgan fingerprint density at radius 3 is 1.84 bits per heavy atom. The SMILES string of the molecule is Nc1ccccc1C1(O)C(=O)c2ccccc2C1=O. The van der Waals surface area contributed by atoms with Gasteiger partial charge in [0, 0.05) is 22.4 Å². The molecule has 1 aliphatic carbocycles. The Bertz CT molecular complexity index is 671. The van der Waals surface area contributed by atoms with Crippen LogP contribution in [-0.4, -0.2) is 16.7 Å². The number of nitrogen functional groups attached to an aromatic ring is 1. The van der Waals surface area contributed by atoms with Gasteiger partial charge in [-0.3, -0.25) is 9.59 Å². The van der Waals surface area contributed by atoms with Crippen LogP contribution in [0.5, 0.6) is 0 Å². The van der Waals surface area contributed by atoms with Crippen molar-refractivity contribution >= 4 is 17.3 Å². The van der Waals surface area contributed by atoms with Gasteiger partial charge in [-0.15, -0.1) is 0 Å². The van der Waals surface area contributed by atoms with Crippen LogP contribution in [0.25, 0.3) is 0 Å². The van der Waals surface area contributed by atoms with Gasteiger partial charge in [-0.1, -0.05) is 42.5 Å². The summed E-state index contributed by atoms with van der Waals surface area (Å²) in [5.41, 5.74) is 4.41. The van der Waals surface area contributed by atoms with Crippen molar-refractivity contribution in [2.45, 2.75) is 5.60 Å². The average Bonchev–Trinajstić information content (AvgIpc) is 2.63. The van der Waals surface area contributed by atoms with Crippen molar-refractivity contribution in [3.05, 3.63) is 65.2 Å². The third-order valence-corrected chi connectivity index (χ3v) is 3.42. The van der Waals surface area contributed by atoms with Crippen LogP contribution in [0.15, 0.2) is 48.5 Å². The summed E-state index contributed by atoms with van der Waals surface area (Å²) < 4.78 is 0. The van der Waals surface area contributed by atoms with E-state index in [1.54, 1.807) is 30.3 Å². The number of carbonyl (C=O) groups is 2. The van der Waals surface area contributed by atoms with Gasteiger partial charge in [0.15, 0.2) is 0 Å². The van der Waals surface area contributed by atoms with Crippen LogP contribution >= 0.6 is 0 Å². The standard InChI is InChI=1S/C15H11NO3/c16-12-8-4-3-7-11(12)15(19)13(17)9-5-1-2-6-10(9)14(15)18/h1-8,19H,16H2. The molecule has 2 aromatic carbocycles. The molecule has 0 unspecified atom stereocenters. The first-order chi connectivity index (χ1) is 9.06.